The van der Waals surface area contributed by atoms with Gasteiger partial charge in [-0.05, 0) is 47.4 Å². The number of carbonyl (C=O) groups excluding carboxylic acids is 1. The molecule has 0 saturated carbocycles. The average molecular weight is 374 g/mol. The van der Waals surface area contributed by atoms with Crippen molar-refractivity contribution in [3.63, 3.8) is 0 Å². The minimum atomic E-state index is 0.0895. The van der Waals surface area contributed by atoms with E-state index < -0.39 is 0 Å². The molecular weight excluding hydrogens is 352 g/mol. The Kier molecular flexibility index (Phi) is 5.52. The first kappa shape index (κ1) is 18.0. The Balaban J connectivity index is 1.47. The molecule has 1 aliphatic rings. The Morgan fingerprint density at radius 3 is 2.50 bits per heavy atom. The molecule has 5 heteroatoms. The molecule has 0 bridgehead atoms. The molecule has 142 valence electrons. The van der Waals surface area contributed by atoms with Gasteiger partial charge in [0, 0.05) is 25.5 Å². The summed E-state index contributed by atoms with van der Waals surface area (Å²) in [6, 6.07) is 19.8. The number of hydrogen-bond donors (Lipinski definition) is 0. The van der Waals surface area contributed by atoms with Crippen molar-refractivity contribution in [3.05, 3.63) is 89.7 Å². The van der Waals surface area contributed by atoms with Crippen LogP contribution >= 0.6 is 0 Å². The summed E-state index contributed by atoms with van der Waals surface area (Å²) >= 11 is 0. The molecule has 2 heterocycles. The monoisotopic (exact) mass is 374 g/mol. The summed E-state index contributed by atoms with van der Waals surface area (Å²) in [5.74, 6) is 1.52. The lowest BCUT2D eigenvalue weighted by Gasteiger charge is -2.23. The number of rotatable bonds is 7. The van der Waals surface area contributed by atoms with Crippen molar-refractivity contribution in [1.29, 1.82) is 0 Å². The molecule has 0 saturated heterocycles. The molecule has 0 atom stereocenters. The minimum Gasteiger partial charge on any atom is -0.454 e. The van der Waals surface area contributed by atoms with Crippen LogP contribution in [0.4, 0.5) is 0 Å². The Morgan fingerprint density at radius 2 is 1.68 bits per heavy atom. The lowest BCUT2D eigenvalue weighted by Crippen LogP contribution is -2.33. The van der Waals surface area contributed by atoms with Gasteiger partial charge < -0.3 is 14.4 Å². The number of nitrogens with zero attached hydrogens (tertiary/aromatic N) is 2. The molecule has 1 aromatic heterocycles. The van der Waals surface area contributed by atoms with Crippen molar-refractivity contribution in [3.8, 4) is 11.5 Å². The number of ether oxygens (including phenoxy) is 2. The number of carbonyl (C=O) groups is 1. The largest absolute Gasteiger partial charge is 0.454 e. The van der Waals surface area contributed by atoms with Crippen LogP contribution in [0.15, 0.2) is 73.1 Å². The van der Waals surface area contributed by atoms with Crippen molar-refractivity contribution >= 4 is 5.91 Å². The summed E-state index contributed by atoms with van der Waals surface area (Å²) in [5.41, 5.74) is 3.22. The quantitative estimate of drug-likeness (QED) is 0.634. The van der Waals surface area contributed by atoms with Crippen molar-refractivity contribution in [2.45, 2.75) is 19.4 Å². The topological polar surface area (TPSA) is 51.7 Å². The molecule has 0 fully saturated rings. The second-order valence-electron chi connectivity index (χ2n) is 6.77. The number of hydrogen-bond acceptors (Lipinski definition) is 4. The number of aromatic nitrogens is 1. The number of amides is 1. The van der Waals surface area contributed by atoms with Crippen molar-refractivity contribution in [2.24, 2.45) is 0 Å². The maximum atomic E-state index is 13.1. The third-order valence-corrected chi connectivity index (χ3v) is 4.78. The third-order valence-electron chi connectivity index (χ3n) is 4.78. The van der Waals surface area contributed by atoms with Gasteiger partial charge in [0.15, 0.2) is 11.5 Å². The second-order valence-corrected chi connectivity index (χ2v) is 6.77. The highest BCUT2D eigenvalue weighted by Crippen LogP contribution is 2.32. The molecule has 5 nitrogen and oxygen atoms in total. The van der Waals surface area contributed by atoms with E-state index in [1.165, 1.54) is 5.56 Å². The maximum absolute atomic E-state index is 13.1. The predicted octanol–water partition coefficient (Wildman–Crippen LogP) is 3.62. The third kappa shape index (κ3) is 4.49. The standard InChI is InChI=1S/C23H22N2O3/c26-23(15-20-6-7-21-22(14-20)28-17-27-21)25(16-19-8-11-24-12-9-19)13-10-18-4-2-1-3-5-18/h1-9,11-12,14H,10,13,15-17H2. The second kappa shape index (κ2) is 8.57. The zero-order valence-corrected chi connectivity index (χ0v) is 15.6. The van der Waals surface area contributed by atoms with Crippen LogP contribution in [0.25, 0.3) is 0 Å². The Morgan fingerprint density at radius 1 is 0.893 bits per heavy atom. The number of pyridine rings is 1. The first-order chi connectivity index (χ1) is 13.8. The summed E-state index contributed by atoms with van der Waals surface area (Å²) in [6.07, 6.45) is 4.66. The van der Waals surface area contributed by atoms with Crippen LogP contribution in [-0.2, 0) is 24.2 Å². The lowest BCUT2D eigenvalue weighted by molar-refractivity contribution is -0.131. The highest BCUT2D eigenvalue weighted by atomic mass is 16.7. The van der Waals surface area contributed by atoms with Gasteiger partial charge >= 0.3 is 0 Å². The molecule has 3 aromatic rings. The van der Waals surface area contributed by atoms with Gasteiger partial charge in [-0.15, -0.1) is 0 Å². The van der Waals surface area contributed by atoms with Gasteiger partial charge in [0.05, 0.1) is 6.42 Å². The van der Waals surface area contributed by atoms with E-state index in [0.717, 1.165) is 23.3 Å². The Hall–Kier alpha value is -3.34. The first-order valence-corrected chi connectivity index (χ1v) is 9.37. The fourth-order valence-corrected chi connectivity index (χ4v) is 3.25. The molecule has 0 aliphatic carbocycles. The summed E-state index contributed by atoms with van der Waals surface area (Å²) in [6.45, 7) is 1.46. The molecule has 0 unspecified atom stereocenters. The van der Waals surface area contributed by atoms with Gasteiger partial charge in [0.25, 0.3) is 0 Å². The molecule has 0 radical (unpaired) electrons. The molecule has 1 aliphatic heterocycles. The minimum absolute atomic E-state index is 0.0895. The van der Waals surface area contributed by atoms with Crippen LogP contribution in [-0.4, -0.2) is 29.1 Å². The van der Waals surface area contributed by atoms with Crippen LogP contribution in [0.2, 0.25) is 0 Å². The van der Waals surface area contributed by atoms with Gasteiger partial charge in [-0.25, -0.2) is 0 Å². The van der Waals surface area contributed by atoms with E-state index >= 15 is 0 Å². The van der Waals surface area contributed by atoms with E-state index in [2.05, 4.69) is 17.1 Å². The molecule has 2 aromatic carbocycles. The van der Waals surface area contributed by atoms with Gasteiger partial charge in [-0.1, -0.05) is 36.4 Å². The molecule has 4 rings (SSSR count). The van der Waals surface area contributed by atoms with Crippen molar-refractivity contribution in [1.82, 2.24) is 9.88 Å². The number of fused-ring (bicyclic) bond motifs is 1. The smallest absolute Gasteiger partial charge is 0.231 e. The summed E-state index contributed by atoms with van der Waals surface area (Å²) in [5, 5.41) is 0. The van der Waals surface area contributed by atoms with E-state index in [-0.39, 0.29) is 12.7 Å². The van der Waals surface area contributed by atoms with Crippen LogP contribution < -0.4 is 9.47 Å². The molecule has 0 N–H and O–H groups in total. The molecule has 28 heavy (non-hydrogen) atoms. The summed E-state index contributed by atoms with van der Waals surface area (Å²) in [7, 11) is 0. The fraction of sp³-hybridized carbons (Fsp3) is 0.217. The van der Waals surface area contributed by atoms with Gasteiger partial charge in [0.1, 0.15) is 0 Å². The zero-order valence-electron chi connectivity index (χ0n) is 15.6. The lowest BCUT2D eigenvalue weighted by atomic mass is 10.1. The van der Waals surface area contributed by atoms with Crippen LogP contribution in [0.5, 0.6) is 11.5 Å². The highest BCUT2D eigenvalue weighted by molar-refractivity contribution is 5.79. The van der Waals surface area contributed by atoms with E-state index in [9.17, 15) is 4.79 Å². The molecule has 0 spiro atoms. The van der Waals surface area contributed by atoms with Crippen LogP contribution in [0.1, 0.15) is 16.7 Å². The average Bonchev–Trinajstić information content (AvgIpc) is 3.20. The highest BCUT2D eigenvalue weighted by Gasteiger charge is 2.18. The Bertz CT molecular complexity index is 929. The molecule has 1 amide bonds. The van der Waals surface area contributed by atoms with Gasteiger partial charge in [-0.3, -0.25) is 9.78 Å². The van der Waals surface area contributed by atoms with Gasteiger partial charge in [0.2, 0.25) is 12.7 Å². The van der Waals surface area contributed by atoms with E-state index in [1.54, 1.807) is 12.4 Å². The SMILES string of the molecule is O=C(Cc1ccc2c(c1)OCO2)N(CCc1ccccc1)Cc1ccncc1. The van der Waals surface area contributed by atoms with Gasteiger partial charge in [-0.2, -0.15) is 0 Å². The zero-order chi connectivity index (χ0) is 19.2. The fourth-order valence-electron chi connectivity index (χ4n) is 3.25. The van der Waals surface area contributed by atoms with Crippen LogP contribution in [0.3, 0.4) is 0 Å². The molecular formula is C23H22N2O3. The predicted molar refractivity (Wildman–Crippen MR) is 106 cm³/mol. The normalized spacial score (nSPS) is 12.0. The maximum Gasteiger partial charge on any atom is 0.231 e. The summed E-state index contributed by atoms with van der Waals surface area (Å²) < 4.78 is 10.8. The van der Waals surface area contributed by atoms with E-state index in [4.69, 9.17) is 9.47 Å². The van der Waals surface area contributed by atoms with Crippen molar-refractivity contribution < 1.29 is 14.3 Å². The Labute approximate surface area is 164 Å². The van der Waals surface area contributed by atoms with E-state index in [0.29, 0.717) is 25.3 Å². The van der Waals surface area contributed by atoms with Crippen molar-refractivity contribution in [2.75, 3.05) is 13.3 Å². The number of benzene rings is 2. The summed E-state index contributed by atoms with van der Waals surface area (Å²) in [4.78, 5) is 19.0. The first-order valence-electron chi connectivity index (χ1n) is 9.37. The van der Waals surface area contributed by atoms with Crippen LogP contribution in [0, 0.1) is 0 Å². The van der Waals surface area contributed by atoms with E-state index in [1.807, 2.05) is 53.4 Å².